The Hall–Kier alpha value is -2.36. The van der Waals surface area contributed by atoms with Gasteiger partial charge in [-0.3, -0.25) is 14.9 Å². The summed E-state index contributed by atoms with van der Waals surface area (Å²) in [5.74, 6) is -0.808. The van der Waals surface area contributed by atoms with Gasteiger partial charge >= 0.3 is 11.8 Å². The molecule has 0 aliphatic heterocycles. The number of nitrogens with one attached hydrogen (secondary N) is 1. The molecule has 25 heavy (non-hydrogen) atoms. The zero-order valence-electron chi connectivity index (χ0n) is 14.1. The van der Waals surface area contributed by atoms with Crippen LogP contribution in [0.25, 0.3) is 0 Å². The SMILES string of the molecule is CC(C)(C)OC(=O)NCCCOc1cc(C(N)=O)cc(Br)c1[N+](=O)[O-]. The Morgan fingerprint density at radius 2 is 2.00 bits per heavy atom. The molecule has 0 saturated carbocycles. The molecule has 0 heterocycles. The number of nitrogens with zero attached hydrogens (tertiary/aromatic N) is 1. The molecule has 0 aliphatic carbocycles. The second-order valence-corrected chi connectivity index (χ2v) is 6.91. The number of nitro groups is 1. The number of benzene rings is 1. The van der Waals surface area contributed by atoms with Gasteiger partial charge in [-0.15, -0.1) is 0 Å². The van der Waals surface area contributed by atoms with Crippen molar-refractivity contribution in [2.24, 2.45) is 5.73 Å². The van der Waals surface area contributed by atoms with E-state index in [0.29, 0.717) is 6.42 Å². The molecular weight excluding hydrogens is 398 g/mol. The number of ether oxygens (including phenoxy) is 2. The number of hydrogen-bond donors (Lipinski definition) is 2. The summed E-state index contributed by atoms with van der Waals surface area (Å²) < 4.78 is 10.5. The van der Waals surface area contributed by atoms with E-state index in [1.807, 2.05) is 0 Å². The maximum absolute atomic E-state index is 11.5. The molecule has 0 aliphatic rings. The number of carbonyl (C=O) groups is 2. The van der Waals surface area contributed by atoms with Gasteiger partial charge in [0.15, 0.2) is 5.75 Å². The minimum Gasteiger partial charge on any atom is -0.487 e. The average Bonchev–Trinajstić information content (AvgIpc) is 2.43. The Kier molecular flexibility index (Phi) is 7.16. The van der Waals surface area contributed by atoms with Crippen molar-refractivity contribution >= 4 is 33.6 Å². The van der Waals surface area contributed by atoms with Crippen molar-refractivity contribution in [1.29, 1.82) is 0 Å². The van der Waals surface area contributed by atoms with Crippen molar-refractivity contribution in [1.82, 2.24) is 5.32 Å². The van der Waals surface area contributed by atoms with Gasteiger partial charge in [0.1, 0.15) is 10.1 Å². The number of hydrogen-bond acceptors (Lipinski definition) is 6. The highest BCUT2D eigenvalue weighted by atomic mass is 79.9. The zero-order chi connectivity index (χ0) is 19.2. The summed E-state index contributed by atoms with van der Waals surface area (Å²) in [7, 11) is 0. The summed E-state index contributed by atoms with van der Waals surface area (Å²) >= 11 is 3.03. The molecule has 1 aromatic rings. The van der Waals surface area contributed by atoms with Crippen LogP contribution in [0.1, 0.15) is 37.6 Å². The highest BCUT2D eigenvalue weighted by molar-refractivity contribution is 9.10. The van der Waals surface area contributed by atoms with Crippen LogP contribution in [0.3, 0.4) is 0 Å². The smallest absolute Gasteiger partial charge is 0.407 e. The molecule has 1 rings (SSSR count). The number of nitro benzene ring substituents is 1. The van der Waals surface area contributed by atoms with E-state index >= 15 is 0 Å². The van der Waals surface area contributed by atoms with Gasteiger partial charge in [-0.05, 0) is 49.2 Å². The molecule has 0 aromatic heterocycles. The van der Waals surface area contributed by atoms with Crippen molar-refractivity contribution in [3.05, 3.63) is 32.3 Å². The molecule has 10 heteroatoms. The highest BCUT2D eigenvalue weighted by Gasteiger charge is 2.22. The van der Waals surface area contributed by atoms with Crippen LogP contribution in [-0.2, 0) is 4.74 Å². The van der Waals surface area contributed by atoms with E-state index in [4.69, 9.17) is 15.2 Å². The molecule has 9 nitrogen and oxygen atoms in total. The lowest BCUT2D eigenvalue weighted by Gasteiger charge is -2.19. The third-order valence-electron chi connectivity index (χ3n) is 2.74. The first-order valence-corrected chi connectivity index (χ1v) is 8.18. The molecule has 0 atom stereocenters. The summed E-state index contributed by atoms with van der Waals surface area (Å²) in [4.78, 5) is 33.3. The Morgan fingerprint density at radius 1 is 1.36 bits per heavy atom. The van der Waals surface area contributed by atoms with Crippen LogP contribution in [0.4, 0.5) is 10.5 Å². The largest absolute Gasteiger partial charge is 0.487 e. The molecule has 2 amide bonds. The average molecular weight is 418 g/mol. The number of nitrogens with two attached hydrogens (primary N) is 1. The van der Waals surface area contributed by atoms with Crippen molar-refractivity contribution in [3.8, 4) is 5.75 Å². The van der Waals surface area contributed by atoms with Crippen LogP contribution in [-0.4, -0.2) is 35.7 Å². The predicted molar refractivity (Wildman–Crippen MR) is 93.7 cm³/mol. The Morgan fingerprint density at radius 3 is 2.52 bits per heavy atom. The molecule has 0 radical (unpaired) electrons. The number of amides is 2. The van der Waals surface area contributed by atoms with Gasteiger partial charge in [-0.25, -0.2) is 4.79 Å². The van der Waals surface area contributed by atoms with E-state index in [9.17, 15) is 19.7 Å². The predicted octanol–water partition coefficient (Wildman–Crippen LogP) is 2.75. The van der Waals surface area contributed by atoms with E-state index in [0.717, 1.165) is 0 Å². The quantitative estimate of drug-likeness (QED) is 0.397. The maximum atomic E-state index is 11.5. The van der Waals surface area contributed by atoms with E-state index in [2.05, 4.69) is 21.2 Å². The molecule has 0 bridgehead atoms. The molecule has 3 N–H and O–H groups in total. The molecule has 0 unspecified atom stereocenters. The molecule has 138 valence electrons. The molecule has 0 spiro atoms. The van der Waals surface area contributed by atoms with Gasteiger partial charge in [0.05, 0.1) is 11.5 Å². The molecular formula is C15H20BrN3O6. The van der Waals surface area contributed by atoms with Crippen molar-refractivity contribution in [2.75, 3.05) is 13.2 Å². The normalized spacial score (nSPS) is 10.9. The topological polar surface area (TPSA) is 134 Å². The third-order valence-corrected chi connectivity index (χ3v) is 3.35. The minimum absolute atomic E-state index is 0.0783. The standard InChI is InChI=1S/C15H20BrN3O6/c1-15(2,3)25-14(21)18-5-4-6-24-11-8-9(13(17)20)7-10(16)12(11)19(22)23/h7-8H,4-6H2,1-3H3,(H2,17,20)(H,18,21). The molecule has 0 saturated heterocycles. The van der Waals surface area contributed by atoms with Gasteiger partial charge < -0.3 is 20.5 Å². The fourth-order valence-electron chi connectivity index (χ4n) is 1.76. The fourth-order valence-corrected chi connectivity index (χ4v) is 2.35. The number of halogens is 1. The van der Waals surface area contributed by atoms with Gasteiger partial charge in [-0.1, -0.05) is 0 Å². The van der Waals surface area contributed by atoms with E-state index in [-0.39, 0.29) is 34.6 Å². The second kappa shape index (κ2) is 8.65. The minimum atomic E-state index is -0.730. The monoisotopic (exact) mass is 417 g/mol. The van der Waals surface area contributed by atoms with Crippen LogP contribution in [0.2, 0.25) is 0 Å². The number of primary amides is 1. The van der Waals surface area contributed by atoms with Gasteiger partial charge in [0.2, 0.25) is 5.91 Å². The van der Waals surface area contributed by atoms with Crippen LogP contribution in [0.15, 0.2) is 16.6 Å². The van der Waals surface area contributed by atoms with Gasteiger partial charge in [0, 0.05) is 18.2 Å². The number of rotatable bonds is 7. The van der Waals surface area contributed by atoms with Crippen LogP contribution >= 0.6 is 15.9 Å². The van der Waals surface area contributed by atoms with Crippen LogP contribution in [0, 0.1) is 10.1 Å². The van der Waals surface area contributed by atoms with Crippen molar-refractivity contribution in [3.63, 3.8) is 0 Å². The van der Waals surface area contributed by atoms with Gasteiger partial charge in [-0.2, -0.15) is 0 Å². The summed E-state index contributed by atoms with van der Waals surface area (Å²) in [6.07, 6.45) is -0.175. The Balaban J connectivity index is 2.63. The summed E-state index contributed by atoms with van der Waals surface area (Å²) in [5.41, 5.74) is 4.38. The first-order valence-electron chi connectivity index (χ1n) is 7.38. The Labute approximate surface area is 153 Å². The van der Waals surface area contributed by atoms with Crippen LogP contribution < -0.4 is 15.8 Å². The van der Waals surface area contributed by atoms with Crippen molar-refractivity contribution in [2.45, 2.75) is 32.8 Å². The zero-order valence-corrected chi connectivity index (χ0v) is 15.7. The fraction of sp³-hybridized carbons (Fsp3) is 0.467. The van der Waals surface area contributed by atoms with E-state index in [1.54, 1.807) is 20.8 Å². The van der Waals surface area contributed by atoms with E-state index < -0.39 is 22.5 Å². The lowest BCUT2D eigenvalue weighted by molar-refractivity contribution is -0.386. The molecule has 0 fully saturated rings. The summed E-state index contributed by atoms with van der Waals surface area (Å²) in [6.45, 7) is 5.60. The summed E-state index contributed by atoms with van der Waals surface area (Å²) in [6, 6.07) is 2.48. The maximum Gasteiger partial charge on any atom is 0.407 e. The lowest BCUT2D eigenvalue weighted by atomic mass is 10.2. The van der Waals surface area contributed by atoms with Crippen molar-refractivity contribution < 1.29 is 24.0 Å². The number of alkyl carbamates (subject to hydrolysis) is 1. The second-order valence-electron chi connectivity index (χ2n) is 6.06. The van der Waals surface area contributed by atoms with Crippen LogP contribution in [0.5, 0.6) is 5.75 Å². The summed E-state index contributed by atoms with van der Waals surface area (Å²) in [5, 5.41) is 13.7. The lowest BCUT2D eigenvalue weighted by Crippen LogP contribution is -2.33. The number of carbonyl (C=O) groups excluding carboxylic acids is 2. The highest BCUT2D eigenvalue weighted by Crippen LogP contribution is 2.36. The van der Waals surface area contributed by atoms with Gasteiger partial charge in [0.25, 0.3) is 0 Å². The third kappa shape index (κ3) is 6.96. The Bertz CT molecular complexity index is 672. The van der Waals surface area contributed by atoms with E-state index in [1.165, 1.54) is 12.1 Å². The molecule has 1 aromatic carbocycles. The first kappa shape index (κ1) is 20.7. The first-order chi connectivity index (χ1) is 11.5.